The Balaban J connectivity index is 1.44. The van der Waals surface area contributed by atoms with Gasteiger partial charge in [0.25, 0.3) is 0 Å². The van der Waals surface area contributed by atoms with Gasteiger partial charge in [0.1, 0.15) is 0 Å². The predicted octanol–water partition coefficient (Wildman–Crippen LogP) is 7.30. The van der Waals surface area contributed by atoms with Gasteiger partial charge < -0.3 is 0 Å². The summed E-state index contributed by atoms with van der Waals surface area (Å²) in [6.45, 7) is 0. The second-order valence-corrected chi connectivity index (χ2v) is 10.9. The molecule has 7 rings (SSSR count). The average molecular weight is 540 g/mol. The van der Waals surface area contributed by atoms with Crippen molar-refractivity contribution in [2.45, 2.75) is 0 Å². The van der Waals surface area contributed by atoms with Gasteiger partial charge in [-0.1, -0.05) is 0 Å². The van der Waals surface area contributed by atoms with Gasteiger partial charge in [-0.3, -0.25) is 0 Å². The molecule has 7 aromatic rings. The van der Waals surface area contributed by atoms with Crippen LogP contribution in [0.4, 0.5) is 0 Å². The molecule has 0 radical (unpaired) electrons. The molecule has 0 N–H and O–H groups in total. The van der Waals surface area contributed by atoms with Gasteiger partial charge >= 0.3 is 221 Å². The van der Waals surface area contributed by atoms with Crippen LogP contribution in [0.15, 0.2) is 121 Å². The Hall–Kier alpha value is -4.44. The second-order valence-electron chi connectivity index (χ2n) is 8.74. The van der Waals surface area contributed by atoms with E-state index in [4.69, 9.17) is 19.9 Å². The van der Waals surface area contributed by atoms with Crippen LogP contribution in [0, 0.1) is 0 Å². The molecule has 5 heteroatoms. The van der Waals surface area contributed by atoms with E-state index in [9.17, 15) is 0 Å². The summed E-state index contributed by atoms with van der Waals surface area (Å²) < 4.78 is 2.47. The fraction of sp³-hybridized carbons (Fsp3) is 0. The third-order valence-electron chi connectivity index (χ3n) is 6.38. The summed E-state index contributed by atoms with van der Waals surface area (Å²) in [6.07, 6.45) is 0. The summed E-state index contributed by atoms with van der Waals surface area (Å²) in [6, 6.07) is 41.4. The maximum atomic E-state index is 5.11. The molecule has 0 aliphatic rings. The van der Waals surface area contributed by atoms with Crippen molar-refractivity contribution >= 4 is 35.1 Å². The molecule has 5 aromatic carbocycles. The van der Waals surface area contributed by atoms with E-state index in [1.807, 2.05) is 66.7 Å². The topological polar surface area (TPSA) is 51.6 Å². The zero-order chi connectivity index (χ0) is 24.6. The van der Waals surface area contributed by atoms with E-state index >= 15 is 0 Å². The van der Waals surface area contributed by atoms with Crippen LogP contribution in [-0.2, 0) is 0 Å². The first-order valence-electron chi connectivity index (χ1n) is 12.1. The molecule has 0 fully saturated rings. The van der Waals surface area contributed by atoms with Gasteiger partial charge in [-0.05, 0) is 0 Å². The quantitative estimate of drug-likeness (QED) is 0.220. The van der Waals surface area contributed by atoms with E-state index < -0.39 is 0 Å². The third kappa shape index (κ3) is 4.05. The zero-order valence-electron chi connectivity index (χ0n) is 19.7. The SMILES string of the molecule is c1ccc(-c2nc(-c3ccccc3)nc(-c3cccc4c3ccc3[se]c(-c5ccccc5)nc34)n2)cc1. The Morgan fingerprint density at radius 2 is 0.973 bits per heavy atom. The molecular weight excluding hydrogens is 519 g/mol. The first kappa shape index (κ1) is 21.8. The normalized spacial score (nSPS) is 11.2. The van der Waals surface area contributed by atoms with E-state index in [2.05, 4.69) is 54.6 Å². The van der Waals surface area contributed by atoms with Crippen molar-refractivity contribution in [1.29, 1.82) is 0 Å². The van der Waals surface area contributed by atoms with Crippen molar-refractivity contribution in [2.75, 3.05) is 0 Å². The summed E-state index contributed by atoms with van der Waals surface area (Å²) in [7, 11) is 0. The summed E-state index contributed by atoms with van der Waals surface area (Å²) >= 11 is 0.176. The Morgan fingerprint density at radius 3 is 1.59 bits per heavy atom. The Bertz CT molecular complexity index is 1810. The summed E-state index contributed by atoms with van der Waals surface area (Å²) in [5.74, 6) is 1.99. The number of nitrogens with zero attached hydrogens (tertiary/aromatic N) is 4. The first-order chi connectivity index (χ1) is 18.3. The Labute approximate surface area is 220 Å². The van der Waals surface area contributed by atoms with Crippen LogP contribution in [0.25, 0.3) is 64.8 Å². The van der Waals surface area contributed by atoms with Crippen LogP contribution in [-0.4, -0.2) is 34.4 Å². The van der Waals surface area contributed by atoms with E-state index in [1.165, 1.54) is 14.4 Å². The van der Waals surface area contributed by atoms with Crippen LogP contribution in [0.5, 0.6) is 0 Å². The monoisotopic (exact) mass is 540 g/mol. The van der Waals surface area contributed by atoms with Gasteiger partial charge in [0.05, 0.1) is 0 Å². The van der Waals surface area contributed by atoms with E-state index in [0.29, 0.717) is 17.5 Å². The maximum absolute atomic E-state index is 5.11. The second kappa shape index (κ2) is 9.21. The molecule has 0 unspecified atom stereocenters. The average Bonchev–Trinajstić information content (AvgIpc) is 3.43. The van der Waals surface area contributed by atoms with Crippen molar-refractivity contribution in [1.82, 2.24) is 19.9 Å². The van der Waals surface area contributed by atoms with E-state index in [1.54, 1.807) is 0 Å². The molecular formula is C32H20N4Se. The Morgan fingerprint density at radius 1 is 0.405 bits per heavy atom. The molecule has 0 aliphatic carbocycles. The van der Waals surface area contributed by atoms with Gasteiger partial charge in [0, 0.05) is 0 Å². The molecule has 0 aliphatic heterocycles. The van der Waals surface area contributed by atoms with Crippen molar-refractivity contribution in [3.8, 4) is 44.3 Å². The first-order valence-corrected chi connectivity index (χ1v) is 13.8. The summed E-state index contributed by atoms with van der Waals surface area (Å²) in [5.41, 5.74) is 5.17. The van der Waals surface area contributed by atoms with Crippen molar-refractivity contribution in [3.63, 3.8) is 0 Å². The number of hydrogen-bond donors (Lipinski definition) is 0. The van der Waals surface area contributed by atoms with Gasteiger partial charge in [0.15, 0.2) is 0 Å². The predicted molar refractivity (Wildman–Crippen MR) is 151 cm³/mol. The van der Waals surface area contributed by atoms with Crippen LogP contribution in [0.1, 0.15) is 0 Å². The zero-order valence-corrected chi connectivity index (χ0v) is 21.5. The van der Waals surface area contributed by atoms with Crippen LogP contribution >= 0.6 is 0 Å². The van der Waals surface area contributed by atoms with Gasteiger partial charge in [-0.25, -0.2) is 0 Å². The van der Waals surface area contributed by atoms with Crippen LogP contribution < -0.4 is 0 Å². The number of hydrogen-bond acceptors (Lipinski definition) is 4. The number of fused-ring (bicyclic) bond motifs is 3. The summed E-state index contributed by atoms with van der Waals surface area (Å²) in [4.78, 5) is 19.8. The molecule has 2 aromatic heterocycles. The summed E-state index contributed by atoms with van der Waals surface area (Å²) in [5, 5.41) is 2.23. The molecule has 174 valence electrons. The number of aromatic nitrogens is 4. The van der Waals surface area contributed by atoms with E-state index in [0.717, 1.165) is 33.0 Å². The molecule has 0 bridgehead atoms. The Kier molecular flexibility index (Phi) is 5.43. The van der Waals surface area contributed by atoms with Gasteiger partial charge in [-0.15, -0.1) is 0 Å². The van der Waals surface area contributed by atoms with Gasteiger partial charge in [0.2, 0.25) is 0 Å². The minimum absolute atomic E-state index is 0.176. The molecule has 4 nitrogen and oxygen atoms in total. The van der Waals surface area contributed by atoms with Gasteiger partial charge in [-0.2, -0.15) is 0 Å². The third-order valence-corrected chi connectivity index (χ3v) is 8.62. The van der Waals surface area contributed by atoms with E-state index in [-0.39, 0.29) is 14.5 Å². The molecule has 0 saturated heterocycles. The van der Waals surface area contributed by atoms with Crippen molar-refractivity contribution in [3.05, 3.63) is 121 Å². The molecule has 0 saturated carbocycles. The van der Waals surface area contributed by atoms with Crippen molar-refractivity contribution < 1.29 is 0 Å². The molecule has 0 atom stereocenters. The molecule has 0 spiro atoms. The number of rotatable bonds is 4. The van der Waals surface area contributed by atoms with Crippen LogP contribution in [0.2, 0.25) is 0 Å². The fourth-order valence-electron chi connectivity index (χ4n) is 4.58. The molecule has 37 heavy (non-hydrogen) atoms. The van der Waals surface area contributed by atoms with Crippen LogP contribution in [0.3, 0.4) is 0 Å². The molecule has 2 heterocycles. The minimum atomic E-state index is 0.176. The fourth-order valence-corrected chi connectivity index (χ4v) is 6.65. The molecule has 0 amide bonds. The standard InChI is InChI=1S/C32H20N4Se/c1-4-11-21(12-5-1)29-34-30(22-13-6-2-7-14-22)36-31(35-29)26-18-10-17-25-24(26)19-20-27-28(25)33-32(37-27)23-15-8-3-9-16-23/h1-20H. The number of benzene rings is 5. The van der Waals surface area contributed by atoms with Crippen molar-refractivity contribution in [2.24, 2.45) is 0 Å².